The molecule has 2 aromatic rings. The van der Waals surface area contributed by atoms with Gasteiger partial charge in [-0.3, -0.25) is 19.6 Å². The van der Waals surface area contributed by atoms with Gasteiger partial charge >= 0.3 is 0 Å². The van der Waals surface area contributed by atoms with E-state index < -0.39 is 48.2 Å². The van der Waals surface area contributed by atoms with Crippen LogP contribution in [-0.2, 0) is 11.3 Å². The van der Waals surface area contributed by atoms with Gasteiger partial charge in [0.05, 0.1) is 28.3 Å². The number of hydrogen-bond acceptors (Lipinski definition) is 6. The van der Waals surface area contributed by atoms with Gasteiger partial charge in [-0.05, 0) is 30.5 Å². The Labute approximate surface area is 174 Å². The molecule has 162 valence electrons. The van der Waals surface area contributed by atoms with Gasteiger partial charge in [-0.1, -0.05) is 11.6 Å². The van der Waals surface area contributed by atoms with Crippen molar-refractivity contribution >= 4 is 23.2 Å². The number of benzene rings is 1. The number of hydrogen-bond donors (Lipinski definition) is 3. The minimum atomic E-state index is -2.88. The predicted octanol–water partition coefficient (Wildman–Crippen LogP) is 2.47. The first-order valence-corrected chi connectivity index (χ1v) is 9.47. The molecule has 3 N–H and O–H groups in total. The molecular formula is C18H19ClF2N4O5. The van der Waals surface area contributed by atoms with E-state index in [1.54, 1.807) is 0 Å². The highest BCUT2D eigenvalue weighted by molar-refractivity contribution is 6.32. The molecule has 1 aromatic heterocycles. The van der Waals surface area contributed by atoms with Gasteiger partial charge in [0, 0.05) is 18.1 Å². The lowest BCUT2D eigenvalue weighted by molar-refractivity contribution is -0.384. The number of rotatable bonds is 9. The van der Waals surface area contributed by atoms with Gasteiger partial charge in [0.2, 0.25) is 5.91 Å². The molecule has 0 bridgehead atoms. The first-order chi connectivity index (χ1) is 14.2. The Hall–Kier alpha value is -2.63. The second kappa shape index (κ2) is 9.02. The number of nitrogens with zero attached hydrogens (tertiary/aromatic N) is 3. The molecule has 1 saturated carbocycles. The molecule has 1 aliphatic rings. The third-order valence-corrected chi connectivity index (χ3v) is 5.18. The number of non-ortho nitro benzene ring substituents is 1. The second-order valence-corrected chi connectivity index (χ2v) is 7.35. The lowest BCUT2D eigenvalue weighted by Crippen LogP contribution is -2.43. The van der Waals surface area contributed by atoms with Crippen LogP contribution in [0.4, 0.5) is 14.5 Å². The summed E-state index contributed by atoms with van der Waals surface area (Å²) in [6, 6.07) is 3.88. The van der Waals surface area contributed by atoms with E-state index in [1.165, 1.54) is 24.3 Å². The maximum atomic E-state index is 13.1. The van der Waals surface area contributed by atoms with Crippen molar-refractivity contribution in [3.05, 3.63) is 56.4 Å². The van der Waals surface area contributed by atoms with Crippen molar-refractivity contribution in [1.82, 2.24) is 15.1 Å². The van der Waals surface area contributed by atoms with E-state index in [-0.39, 0.29) is 22.2 Å². The third-order valence-electron chi connectivity index (χ3n) is 4.79. The van der Waals surface area contributed by atoms with Gasteiger partial charge in [-0.15, -0.1) is 0 Å². The maximum absolute atomic E-state index is 13.1. The molecular weight excluding hydrogens is 426 g/mol. The van der Waals surface area contributed by atoms with Crippen molar-refractivity contribution < 1.29 is 28.7 Å². The molecule has 2 unspecified atom stereocenters. The lowest BCUT2D eigenvalue weighted by Gasteiger charge is -2.22. The minimum absolute atomic E-state index is 0.0374. The molecule has 0 saturated heterocycles. The minimum Gasteiger partial charge on any atom is -0.394 e. The first-order valence-electron chi connectivity index (χ1n) is 9.09. The number of aliphatic hydroxyl groups excluding tert-OH is 2. The lowest BCUT2D eigenvalue weighted by atomic mass is 10.0. The zero-order valence-corrected chi connectivity index (χ0v) is 16.3. The quantitative estimate of drug-likeness (QED) is 0.402. The van der Waals surface area contributed by atoms with Crippen LogP contribution in [0.25, 0.3) is 0 Å². The summed E-state index contributed by atoms with van der Waals surface area (Å²) in [5.74, 6) is -0.707. The Kier molecular flexibility index (Phi) is 6.64. The smallest absolute Gasteiger partial charge is 0.283 e. The normalized spacial score (nSPS) is 15.8. The van der Waals surface area contributed by atoms with Gasteiger partial charge in [0.15, 0.2) is 0 Å². The molecule has 3 rings (SSSR count). The van der Waals surface area contributed by atoms with Gasteiger partial charge < -0.3 is 15.5 Å². The predicted molar refractivity (Wildman–Crippen MR) is 101 cm³/mol. The van der Waals surface area contributed by atoms with Crippen LogP contribution in [0.2, 0.25) is 5.02 Å². The van der Waals surface area contributed by atoms with E-state index in [0.29, 0.717) is 5.69 Å². The Morgan fingerprint density at radius 2 is 2.00 bits per heavy atom. The van der Waals surface area contributed by atoms with Gasteiger partial charge in [-0.25, -0.2) is 8.78 Å². The number of nitro benzene ring substituents is 1. The maximum Gasteiger partial charge on any atom is 0.283 e. The number of carbonyl (C=O) groups excluding carboxylic acids is 1. The monoisotopic (exact) mass is 444 g/mol. The SMILES string of the molecule is O=C(Cn1nc(C(F)F)c(Cl)c1C1CC1)NC(CO)C(O)c1ccc([N+](=O)[O-])cc1. The van der Waals surface area contributed by atoms with Crippen molar-refractivity contribution in [1.29, 1.82) is 0 Å². The molecule has 12 heteroatoms. The van der Waals surface area contributed by atoms with Crippen LogP contribution in [0, 0.1) is 10.1 Å². The Balaban J connectivity index is 1.71. The van der Waals surface area contributed by atoms with Crippen LogP contribution in [0.3, 0.4) is 0 Å². The second-order valence-electron chi connectivity index (χ2n) is 6.97. The van der Waals surface area contributed by atoms with Crippen LogP contribution in [0.5, 0.6) is 0 Å². The Bertz CT molecular complexity index is 933. The Morgan fingerprint density at radius 1 is 1.37 bits per heavy atom. The standard InChI is InChI=1S/C18H19ClF2N4O5/c19-14-15(18(20)21)23-24(16(14)9-1-2-9)7-13(27)22-12(8-26)17(28)10-3-5-11(6-4-10)25(29)30/h3-6,9,12,17-18,26,28H,1-2,7-8H2,(H,22,27). The summed E-state index contributed by atoms with van der Waals surface area (Å²) in [7, 11) is 0. The first kappa shape index (κ1) is 22.1. The molecule has 1 fully saturated rings. The summed E-state index contributed by atoms with van der Waals surface area (Å²) in [4.78, 5) is 22.6. The van der Waals surface area contributed by atoms with E-state index >= 15 is 0 Å². The number of carbonyl (C=O) groups is 1. The van der Waals surface area contributed by atoms with Crippen LogP contribution in [0.15, 0.2) is 24.3 Å². The highest BCUT2D eigenvalue weighted by atomic mass is 35.5. The molecule has 1 amide bonds. The zero-order chi connectivity index (χ0) is 22.0. The number of aliphatic hydroxyl groups is 2. The zero-order valence-electron chi connectivity index (χ0n) is 15.5. The van der Waals surface area contributed by atoms with E-state index in [4.69, 9.17) is 11.6 Å². The third kappa shape index (κ3) is 4.74. The molecule has 1 aromatic carbocycles. The summed E-state index contributed by atoms with van der Waals surface area (Å²) in [6.07, 6.45) is -2.71. The fraction of sp³-hybridized carbons (Fsp3) is 0.444. The highest BCUT2D eigenvalue weighted by Gasteiger charge is 2.34. The average Bonchev–Trinajstić information content (AvgIpc) is 3.49. The van der Waals surface area contributed by atoms with Gasteiger partial charge in [0.1, 0.15) is 18.3 Å². The van der Waals surface area contributed by atoms with Crippen LogP contribution in [-0.4, -0.2) is 43.5 Å². The largest absolute Gasteiger partial charge is 0.394 e. The number of amides is 1. The molecule has 0 aliphatic heterocycles. The van der Waals surface area contributed by atoms with E-state index in [1.807, 2.05) is 0 Å². The van der Waals surface area contributed by atoms with E-state index in [9.17, 15) is 33.9 Å². The molecule has 2 atom stereocenters. The molecule has 1 heterocycles. The fourth-order valence-electron chi connectivity index (χ4n) is 3.12. The van der Waals surface area contributed by atoms with Crippen LogP contribution < -0.4 is 5.32 Å². The fourth-order valence-corrected chi connectivity index (χ4v) is 3.49. The molecule has 0 spiro atoms. The van der Waals surface area contributed by atoms with Crippen LogP contribution >= 0.6 is 11.6 Å². The molecule has 1 aliphatic carbocycles. The van der Waals surface area contributed by atoms with E-state index in [2.05, 4.69) is 10.4 Å². The summed E-state index contributed by atoms with van der Waals surface area (Å²) in [5, 5.41) is 36.7. The van der Waals surface area contributed by atoms with Crippen molar-refractivity contribution in [3.8, 4) is 0 Å². The summed E-state index contributed by atoms with van der Waals surface area (Å²) in [5.41, 5.74) is -0.135. The summed E-state index contributed by atoms with van der Waals surface area (Å²) >= 11 is 6.02. The molecule has 30 heavy (non-hydrogen) atoms. The van der Waals surface area contributed by atoms with Crippen molar-refractivity contribution in [2.24, 2.45) is 0 Å². The number of nitro groups is 1. The topological polar surface area (TPSA) is 131 Å². The molecule has 0 radical (unpaired) electrons. The Morgan fingerprint density at radius 3 is 2.50 bits per heavy atom. The number of nitrogens with one attached hydrogen (secondary N) is 1. The van der Waals surface area contributed by atoms with Crippen molar-refractivity contribution in [3.63, 3.8) is 0 Å². The molecule has 9 nitrogen and oxygen atoms in total. The number of aromatic nitrogens is 2. The summed E-state index contributed by atoms with van der Waals surface area (Å²) < 4.78 is 27.3. The van der Waals surface area contributed by atoms with Crippen molar-refractivity contribution in [2.45, 2.75) is 43.9 Å². The number of halogens is 3. The number of alkyl halides is 2. The van der Waals surface area contributed by atoms with Crippen molar-refractivity contribution in [2.75, 3.05) is 6.61 Å². The highest BCUT2D eigenvalue weighted by Crippen LogP contribution is 2.45. The average molecular weight is 445 g/mol. The van der Waals surface area contributed by atoms with E-state index in [0.717, 1.165) is 17.5 Å². The van der Waals surface area contributed by atoms with Crippen LogP contribution in [0.1, 0.15) is 48.2 Å². The van der Waals surface area contributed by atoms with Gasteiger partial charge in [-0.2, -0.15) is 5.10 Å². The van der Waals surface area contributed by atoms with Gasteiger partial charge in [0.25, 0.3) is 12.1 Å². The summed E-state index contributed by atoms with van der Waals surface area (Å²) in [6.45, 7) is -1.04.